The molecule has 0 aromatic carbocycles. The van der Waals surface area contributed by atoms with E-state index in [9.17, 15) is 0 Å². The van der Waals surface area contributed by atoms with E-state index in [-0.39, 0.29) is 19.2 Å². The zero-order valence-corrected chi connectivity index (χ0v) is 5.99. The molecule has 1 saturated carbocycles. The molecule has 1 aliphatic carbocycles. The van der Waals surface area contributed by atoms with Crippen molar-refractivity contribution in [1.82, 2.24) is 0 Å². The maximum Gasteiger partial charge on any atom is 0.167 e. The van der Waals surface area contributed by atoms with Crippen LogP contribution < -0.4 is 0 Å². The molecule has 0 bridgehead atoms. The Morgan fingerprint density at radius 2 is 2.20 bits per heavy atom. The van der Waals surface area contributed by atoms with Crippen molar-refractivity contribution in [1.29, 1.82) is 0 Å². The molecule has 0 radical (unpaired) electrons. The second kappa shape index (κ2) is 2.19. The van der Waals surface area contributed by atoms with E-state index in [1.807, 2.05) is 6.92 Å². The standard InChI is InChI=1S/C7H12O3/c1-4-9-7(10-4)6-2-5(6)3-8/h4-8H,2-3H2,1H3/t4?,5-,6+,7?/m0/s1. The topological polar surface area (TPSA) is 38.7 Å². The van der Waals surface area contributed by atoms with Gasteiger partial charge in [0.2, 0.25) is 0 Å². The summed E-state index contributed by atoms with van der Waals surface area (Å²) in [6.45, 7) is 2.16. The molecule has 2 fully saturated rings. The molecule has 1 saturated heterocycles. The molecule has 0 amide bonds. The summed E-state index contributed by atoms with van der Waals surface area (Å²) in [5.41, 5.74) is 0. The summed E-state index contributed by atoms with van der Waals surface area (Å²) in [5.74, 6) is 0.915. The van der Waals surface area contributed by atoms with E-state index in [4.69, 9.17) is 14.6 Å². The fraction of sp³-hybridized carbons (Fsp3) is 1.00. The Hall–Kier alpha value is -0.120. The molecule has 3 nitrogen and oxygen atoms in total. The Balaban J connectivity index is 1.73. The van der Waals surface area contributed by atoms with Crippen molar-refractivity contribution < 1.29 is 14.6 Å². The van der Waals surface area contributed by atoms with E-state index in [0.29, 0.717) is 11.8 Å². The highest BCUT2D eigenvalue weighted by atomic mass is 16.9. The van der Waals surface area contributed by atoms with Crippen LogP contribution in [0.15, 0.2) is 0 Å². The van der Waals surface area contributed by atoms with E-state index in [0.717, 1.165) is 6.42 Å². The van der Waals surface area contributed by atoms with Crippen LogP contribution in [0.1, 0.15) is 13.3 Å². The summed E-state index contributed by atoms with van der Waals surface area (Å²) >= 11 is 0. The highest BCUT2D eigenvalue weighted by Crippen LogP contribution is 2.45. The van der Waals surface area contributed by atoms with Gasteiger partial charge < -0.3 is 14.6 Å². The van der Waals surface area contributed by atoms with Gasteiger partial charge in [0.1, 0.15) is 0 Å². The Bertz CT molecular complexity index is 131. The predicted octanol–water partition coefficient (Wildman–Crippen LogP) is 0.334. The minimum atomic E-state index is -0.0232. The maximum absolute atomic E-state index is 8.70. The minimum absolute atomic E-state index is 0.00727. The molecule has 0 aromatic rings. The van der Waals surface area contributed by atoms with Gasteiger partial charge in [-0.3, -0.25) is 0 Å². The third-order valence-corrected chi connectivity index (χ3v) is 2.21. The molecule has 1 aliphatic heterocycles. The van der Waals surface area contributed by atoms with Gasteiger partial charge in [-0.2, -0.15) is 0 Å². The molecule has 2 atom stereocenters. The van der Waals surface area contributed by atoms with Crippen molar-refractivity contribution in [3.8, 4) is 0 Å². The molecule has 1 N–H and O–H groups in total. The molecule has 3 heteroatoms. The first kappa shape index (κ1) is 6.58. The van der Waals surface area contributed by atoms with Crippen LogP contribution in [0.2, 0.25) is 0 Å². The van der Waals surface area contributed by atoms with Gasteiger partial charge in [-0.05, 0) is 19.3 Å². The lowest BCUT2D eigenvalue weighted by atomic mass is 10.3. The van der Waals surface area contributed by atoms with Gasteiger partial charge >= 0.3 is 0 Å². The number of rotatable bonds is 2. The van der Waals surface area contributed by atoms with Crippen molar-refractivity contribution in [2.24, 2.45) is 11.8 Å². The van der Waals surface area contributed by atoms with E-state index in [2.05, 4.69) is 0 Å². The first-order chi connectivity index (χ1) is 4.81. The number of hydrogen-bond acceptors (Lipinski definition) is 3. The van der Waals surface area contributed by atoms with E-state index in [1.54, 1.807) is 0 Å². The first-order valence-electron chi connectivity index (χ1n) is 3.73. The van der Waals surface area contributed by atoms with Crippen LogP contribution in [0.25, 0.3) is 0 Å². The van der Waals surface area contributed by atoms with Crippen LogP contribution in [0.5, 0.6) is 0 Å². The molecule has 1 heterocycles. The molecule has 58 valence electrons. The van der Waals surface area contributed by atoms with Crippen LogP contribution in [0.3, 0.4) is 0 Å². The van der Waals surface area contributed by atoms with Crippen molar-refractivity contribution in [3.63, 3.8) is 0 Å². The lowest BCUT2D eigenvalue weighted by Crippen LogP contribution is -2.40. The molecule has 0 unspecified atom stereocenters. The number of aliphatic hydroxyl groups is 1. The first-order valence-corrected chi connectivity index (χ1v) is 3.73. The van der Waals surface area contributed by atoms with Crippen LogP contribution in [0, 0.1) is 11.8 Å². The van der Waals surface area contributed by atoms with E-state index >= 15 is 0 Å². The van der Waals surface area contributed by atoms with Crippen molar-refractivity contribution in [2.45, 2.75) is 25.9 Å². The van der Waals surface area contributed by atoms with Gasteiger partial charge in [0, 0.05) is 12.5 Å². The third-order valence-electron chi connectivity index (χ3n) is 2.21. The zero-order valence-electron chi connectivity index (χ0n) is 5.99. The Kier molecular flexibility index (Phi) is 1.44. The Morgan fingerprint density at radius 3 is 2.60 bits per heavy atom. The van der Waals surface area contributed by atoms with Gasteiger partial charge in [0.15, 0.2) is 12.6 Å². The molecule has 2 rings (SSSR count). The van der Waals surface area contributed by atoms with Crippen molar-refractivity contribution >= 4 is 0 Å². The van der Waals surface area contributed by atoms with Gasteiger partial charge in [-0.1, -0.05) is 0 Å². The van der Waals surface area contributed by atoms with Gasteiger partial charge in [0.05, 0.1) is 0 Å². The van der Waals surface area contributed by atoms with E-state index < -0.39 is 0 Å². The number of hydrogen-bond donors (Lipinski definition) is 1. The van der Waals surface area contributed by atoms with Crippen LogP contribution in [0.4, 0.5) is 0 Å². The van der Waals surface area contributed by atoms with Crippen LogP contribution >= 0.6 is 0 Å². The zero-order chi connectivity index (χ0) is 7.14. The van der Waals surface area contributed by atoms with Crippen LogP contribution in [-0.2, 0) is 9.47 Å². The molecule has 0 spiro atoms. The van der Waals surface area contributed by atoms with Gasteiger partial charge in [0.25, 0.3) is 0 Å². The summed E-state index contributed by atoms with van der Waals surface area (Å²) in [6.07, 6.45) is 1.03. The highest BCUT2D eigenvalue weighted by Gasteiger charge is 2.48. The van der Waals surface area contributed by atoms with Crippen molar-refractivity contribution in [3.05, 3.63) is 0 Å². The second-order valence-electron chi connectivity index (χ2n) is 3.05. The van der Waals surface area contributed by atoms with Crippen LogP contribution in [-0.4, -0.2) is 24.3 Å². The molecule has 2 aliphatic rings. The summed E-state index contributed by atoms with van der Waals surface area (Å²) in [7, 11) is 0. The lowest BCUT2D eigenvalue weighted by molar-refractivity contribution is -0.384. The summed E-state index contributed by atoms with van der Waals surface area (Å²) in [5, 5.41) is 8.70. The highest BCUT2D eigenvalue weighted by molar-refractivity contribution is 4.90. The quantitative estimate of drug-likeness (QED) is 0.607. The molecule has 0 aromatic heterocycles. The van der Waals surface area contributed by atoms with Gasteiger partial charge in [-0.15, -0.1) is 0 Å². The monoisotopic (exact) mass is 144 g/mol. The summed E-state index contributed by atoms with van der Waals surface area (Å²) in [4.78, 5) is 0. The second-order valence-corrected chi connectivity index (χ2v) is 3.05. The maximum atomic E-state index is 8.70. The average Bonchev–Trinajstić information content (AvgIpc) is 2.59. The number of aliphatic hydroxyl groups excluding tert-OH is 1. The number of ether oxygens (including phenoxy) is 2. The smallest absolute Gasteiger partial charge is 0.167 e. The summed E-state index contributed by atoms with van der Waals surface area (Å²) < 4.78 is 10.5. The minimum Gasteiger partial charge on any atom is -0.396 e. The molecular weight excluding hydrogens is 132 g/mol. The fourth-order valence-electron chi connectivity index (χ4n) is 1.40. The lowest BCUT2D eigenvalue weighted by Gasteiger charge is -2.34. The van der Waals surface area contributed by atoms with Gasteiger partial charge in [-0.25, -0.2) is 0 Å². The third kappa shape index (κ3) is 0.944. The molecule has 10 heavy (non-hydrogen) atoms. The largest absolute Gasteiger partial charge is 0.396 e. The Labute approximate surface area is 59.9 Å². The molecular formula is C7H12O3. The normalized spacial score (nSPS) is 52.2. The Morgan fingerprint density at radius 1 is 1.50 bits per heavy atom. The summed E-state index contributed by atoms with van der Waals surface area (Å²) in [6, 6.07) is 0. The fourth-order valence-corrected chi connectivity index (χ4v) is 1.40. The predicted molar refractivity (Wildman–Crippen MR) is 34.1 cm³/mol. The van der Waals surface area contributed by atoms with E-state index in [1.165, 1.54) is 0 Å². The average molecular weight is 144 g/mol. The SMILES string of the molecule is CC1OC([C@@H]2C[C@H]2CO)O1. The van der Waals surface area contributed by atoms with Crippen molar-refractivity contribution in [2.75, 3.05) is 6.61 Å².